The first-order chi connectivity index (χ1) is 15.0. The van der Waals surface area contributed by atoms with Crippen molar-refractivity contribution in [3.63, 3.8) is 0 Å². The van der Waals surface area contributed by atoms with Crippen molar-refractivity contribution >= 4 is 18.4 Å². The Labute approximate surface area is 189 Å². The molecule has 2 aromatic carbocycles. The summed E-state index contributed by atoms with van der Waals surface area (Å²) in [5.41, 5.74) is 7.33. The van der Waals surface area contributed by atoms with E-state index in [0.29, 0.717) is 30.7 Å². The van der Waals surface area contributed by atoms with Crippen molar-refractivity contribution in [2.75, 3.05) is 0 Å². The number of nitrogens with zero attached hydrogens (tertiary/aromatic N) is 1. The van der Waals surface area contributed by atoms with Crippen LogP contribution in [0.5, 0.6) is 0 Å². The average Bonchev–Trinajstić information content (AvgIpc) is 3.34. The molecule has 0 heterocycles. The molecule has 0 spiro atoms. The lowest BCUT2D eigenvalue weighted by Crippen LogP contribution is -2.51. The van der Waals surface area contributed by atoms with Crippen LogP contribution in [0.3, 0.4) is 0 Å². The standard InChI is InChI=1S/C29H36BN/c1-6-7-8-14-24-20-29(27-17-12-11-15-25(24)27)30(31(21(2)3)22(4)5)28-19-18-23-13-9-10-16-26(23)28/h6,9-13,15-22,24,28H,1,7-8,14H2,2-5H3. The van der Waals surface area contributed by atoms with Crippen molar-refractivity contribution in [3.05, 3.63) is 95.6 Å². The van der Waals surface area contributed by atoms with Gasteiger partial charge in [0.2, 0.25) is 0 Å². The third-order valence-electron chi connectivity index (χ3n) is 6.99. The Hall–Kier alpha value is -2.32. The zero-order chi connectivity index (χ0) is 22.0. The van der Waals surface area contributed by atoms with Crippen LogP contribution in [-0.4, -0.2) is 23.7 Å². The summed E-state index contributed by atoms with van der Waals surface area (Å²) in [6, 6.07) is 19.0. The number of allylic oxidation sites excluding steroid dienone is 3. The van der Waals surface area contributed by atoms with Gasteiger partial charge in [-0.05, 0) is 53.6 Å². The minimum Gasteiger partial charge on any atom is -0.333 e. The summed E-state index contributed by atoms with van der Waals surface area (Å²) in [6.45, 7) is 13.6. The molecule has 0 saturated heterocycles. The van der Waals surface area contributed by atoms with Crippen LogP contribution in [0.4, 0.5) is 0 Å². The zero-order valence-electron chi connectivity index (χ0n) is 19.6. The van der Waals surface area contributed by atoms with Crippen molar-refractivity contribution in [1.29, 1.82) is 0 Å². The summed E-state index contributed by atoms with van der Waals surface area (Å²) in [7, 11) is 0. The summed E-state index contributed by atoms with van der Waals surface area (Å²) in [6.07, 6.45) is 12.9. The van der Waals surface area contributed by atoms with Gasteiger partial charge in [-0.25, -0.2) is 0 Å². The van der Waals surface area contributed by atoms with E-state index in [1.165, 1.54) is 40.6 Å². The molecule has 0 fully saturated rings. The van der Waals surface area contributed by atoms with Gasteiger partial charge in [-0.15, -0.1) is 6.58 Å². The summed E-state index contributed by atoms with van der Waals surface area (Å²) in [5.74, 6) is 0.891. The minimum absolute atomic E-state index is 0.338. The summed E-state index contributed by atoms with van der Waals surface area (Å²) < 4.78 is 0. The third-order valence-corrected chi connectivity index (χ3v) is 6.99. The molecule has 1 nitrogen and oxygen atoms in total. The Bertz CT molecular complexity index is 976. The molecule has 2 aliphatic rings. The van der Waals surface area contributed by atoms with E-state index in [-0.39, 0.29) is 0 Å². The van der Waals surface area contributed by atoms with Crippen LogP contribution < -0.4 is 0 Å². The number of benzene rings is 2. The monoisotopic (exact) mass is 409 g/mol. The van der Waals surface area contributed by atoms with Gasteiger partial charge in [0.15, 0.2) is 0 Å². The molecule has 0 aromatic heterocycles. The molecule has 0 aliphatic heterocycles. The van der Waals surface area contributed by atoms with Crippen LogP contribution in [0.2, 0.25) is 0 Å². The van der Waals surface area contributed by atoms with Gasteiger partial charge in [0.05, 0.1) is 0 Å². The minimum atomic E-state index is 0.338. The predicted molar refractivity (Wildman–Crippen MR) is 137 cm³/mol. The maximum atomic E-state index is 3.92. The van der Waals surface area contributed by atoms with E-state index >= 15 is 0 Å². The summed E-state index contributed by atoms with van der Waals surface area (Å²) >= 11 is 0. The first-order valence-electron chi connectivity index (χ1n) is 12.0. The first-order valence-corrected chi connectivity index (χ1v) is 12.0. The van der Waals surface area contributed by atoms with Crippen LogP contribution in [0.15, 0.2) is 73.3 Å². The van der Waals surface area contributed by atoms with E-state index in [0.717, 1.165) is 6.42 Å². The molecule has 4 rings (SSSR count). The van der Waals surface area contributed by atoms with Gasteiger partial charge in [0.1, 0.15) is 0 Å². The second-order valence-electron chi connectivity index (χ2n) is 9.63. The van der Waals surface area contributed by atoms with Gasteiger partial charge < -0.3 is 4.81 Å². The van der Waals surface area contributed by atoms with Crippen LogP contribution in [0, 0.1) is 0 Å². The molecule has 2 aliphatic carbocycles. The number of hydrogen-bond donors (Lipinski definition) is 0. The van der Waals surface area contributed by atoms with Crippen LogP contribution in [0.25, 0.3) is 11.5 Å². The Kier molecular flexibility index (Phi) is 6.67. The molecule has 2 unspecified atom stereocenters. The number of fused-ring (bicyclic) bond motifs is 2. The number of unbranched alkanes of at least 4 members (excludes halogenated alkanes) is 1. The molecule has 0 bridgehead atoms. The maximum absolute atomic E-state index is 3.92. The molecule has 0 radical (unpaired) electrons. The van der Waals surface area contributed by atoms with E-state index in [1.807, 2.05) is 6.08 Å². The zero-order valence-corrected chi connectivity index (χ0v) is 19.6. The summed E-state index contributed by atoms with van der Waals surface area (Å²) in [5, 5.41) is 0. The highest BCUT2D eigenvalue weighted by molar-refractivity contribution is 6.79. The normalized spacial score (nSPS) is 19.1. The molecule has 0 amide bonds. The highest BCUT2D eigenvalue weighted by Crippen LogP contribution is 2.45. The third kappa shape index (κ3) is 4.23. The second kappa shape index (κ2) is 9.45. The van der Waals surface area contributed by atoms with Crippen molar-refractivity contribution in [1.82, 2.24) is 4.81 Å². The van der Waals surface area contributed by atoms with Gasteiger partial charge in [-0.3, -0.25) is 0 Å². The van der Waals surface area contributed by atoms with Crippen LogP contribution >= 0.6 is 0 Å². The summed E-state index contributed by atoms with van der Waals surface area (Å²) in [4.78, 5) is 2.73. The molecular formula is C29H36BN. The molecule has 2 atom stereocenters. The topological polar surface area (TPSA) is 3.24 Å². The number of hydrogen-bond acceptors (Lipinski definition) is 1. The maximum Gasteiger partial charge on any atom is 0.270 e. The van der Waals surface area contributed by atoms with Crippen LogP contribution in [-0.2, 0) is 0 Å². The smallest absolute Gasteiger partial charge is 0.270 e. The fourth-order valence-corrected chi connectivity index (χ4v) is 5.79. The molecule has 2 aromatic rings. The van der Waals surface area contributed by atoms with E-state index in [4.69, 9.17) is 0 Å². The first kappa shape index (κ1) is 21.9. The Morgan fingerprint density at radius 3 is 2.35 bits per heavy atom. The van der Waals surface area contributed by atoms with Crippen molar-refractivity contribution in [2.45, 2.75) is 70.8 Å². The second-order valence-corrected chi connectivity index (χ2v) is 9.63. The highest BCUT2D eigenvalue weighted by atomic mass is 15.1. The molecule has 0 N–H and O–H groups in total. The molecule has 31 heavy (non-hydrogen) atoms. The van der Waals surface area contributed by atoms with Crippen molar-refractivity contribution in [2.24, 2.45) is 0 Å². The van der Waals surface area contributed by atoms with E-state index < -0.39 is 0 Å². The van der Waals surface area contributed by atoms with Crippen molar-refractivity contribution < 1.29 is 0 Å². The Balaban J connectivity index is 1.81. The van der Waals surface area contributed by atoms with Gasteiger partial charge >= 0.3 is 0 Å². The fourth-order valence-electron chi connectivity index (χ4n) is 5.79. The fraction of sp³-hybridized carbons (Fsp3) is 0.379. The molecule has 160 valence electrons. The van der Waals surface area contributed by atoms with Gasteiger partial charge in [0.25, 0.3) is 6.85 Å². The highest BCUT2D eigenvalue weighted by Gasteiger charge is 2.42. The lowest BCUT2D eigenvalue weighted by atomic mass is 9.42. The van der Waals surface area contributed by atoms with E-state index in [1.54, 1.807) is 0 Å². The average molecular weight is 409 g/mol. The molecule has 2 heteroatoms. The van der Waals surface area contributed by atoms with Gasteiger partial charge in [-0.1, -0.05) is 106 Å². The van der Waals surface area contributed by atoms with Crippen LogP contribution in [0.1, 0.15) is 80.9 Å². The largest absolute Gasteiger partial charge is 0.333 e. The lowest BCUT2D eigenvalue weighted by molar-refractivity contribution is 0.304. The van der Waals surface area contributed by atoms with Gasteiger partial charge in [-0.2, -0.15) is 0 Å². The van der Waals surface area contributed by atoms with Crippen molar-refractivity contribution in [3.8, 4) is 0 Å². The van der Waals surface area contributed by atoms with Gasteiger partial charge in [0, 0.05) is 11.7 Å². The Morgan fingerprint density at radius 2 is 1.65 bits per heavy atom. The quantitative estimate of drug-likeness (QED) is 0.235. The molecule has 0 saturated carbocycles. The SMILES string of the molecule is C=CCCCC1C=C(B(C2C=Cc3ccccc32)N(C(C)C)C(C)C)c2ccccc21. The number of rotatable bonds is 9. The van der Waals surface area contributed by atoms with E-state index in [2.05, 4.69) is 106 Å². The Morgan fingerprint density at radius 1 is 0.968 bits per heavy atom. The van der Waals surface area contributed by atoms with E-state index in [9.17, 15) is 0 Å². The molecular weight excluding hydrogens is 373 g/mol. The lowest BCUT2D eigenvalue weighted by Gasteiger charge is -2.40. The predicted octanol–water partition coefficient (Wildman–Crippen LogP) is 7.52.